The predicted molar refractivity (Wildman–Crippen MR) is 96.2 cm³/mol. The maximum absolute atomic E-state index is 9.69. The highest BCUT2D eigenvalue weighted by atomic mass is 16.5. The molecule has 0 saturated carbocycles. The van der Waals surface area contributed by atoms with Gasteiger partial charge in [-0.2, -0.15) is 5.26 Å². The highest BCUT2D eigenvalue weighted by Gasteiger charge is 2.33. The quantitative estimate of drug-likeness (QED) is 0.770. The van der Waals surface area contributed by atoms with Crippen LogP contribution in [0.25, 0.3) is 10.8 Å². The second-order valence-electron chi connectivity index (χ2n) is 5.87. The van der Waals surface area contributed by atoms with Crippen LogP contribution in [0, 0.1) is 11.3 Å². The molecule has 1 aliphatic rings. The van der Waals surface area contributed by atoms with E-state index in [0.29, 0.717) is 17.1 Å². The first-order valence-electron chi connectivity index (χ1n) is 7.96. The van der Waals surface area contributed by atoms with E-state index in [1.54, 1.807) is 7.11 Å². The van der Waals surface area contributed by atoms with Crippen LogP contribution in [-0.2, 0) is 0 Å². The van der Waals surface area contributed by atoms with E-state index >= 15 is 0 Å². The number of nitrogens with zero attached hydrogens (tertiary/aromatic N) is 1. The van der Waals surface area contributed by atoms with Crippen molar-refractivity contribution in [3.8, 4) is 17.6 Å². The third-order valence-corrected chi connectivity index (χ3v) is 4.56. The van der Waals surface area contributed by atoms with Gasteiger partial charge in [-0.15, -0.1) is 0 Å². The van der Waals surface area contributed by atoms with Crippen molar-refractivity contribution in [1.82, 2.24) is 0 Å². The monoisotopic (exact) mass is 328 g/mol. The van der Waals surface area contributed by atoms with Crippen molar-refractivity contribution in [2.45, 2.75) is 5.92 Å². The lowest BCUT2D eigenvalue weighted by Crippen LogP contribution is -2.21. The molecule has 0 bridgehead atoms. The zero-order valence-electron chi connectivity index (χ0n) is 13.7. The molecule has 4 nitrogen and oxygen atoms in total. The zero-order chi connectivity index (χ0) is 17.4. The summed E-state index contributed by atoms with van der Waals surface area (Å²) < 4.78 is 11.4. The summed E-state index contributed by atoms with van der Waals surface area (Å²) in [6, 6.07) is 21.9. The molecule has 0 aromatic heterocycles. The number of hydrogen-bond donors (Lipinski definition) is 1. The minimum atomic E-state index is -0.325. The Balaban J connectivity index is 2.04. The summed E-state index contributed by atoms with van der Waals surface area (Å²) in [6.07, 6.45) is 0. The molecule has 3 aromatic carbocycles. The van der Waals surface area contributed by atoms with Crippen LogP contribution in [0.15, 0.2) is 72.1 Å². The molecule has 0 saturated heterocycles. The second-order valence-corrected chi connectivity index (χ2v) is 5.87. The van der Waals surface area contributed by atoms with Gasteiger partial charge in [-0.05, 0) is 11.5 Å². The fourth-order valence-corrected chi connectivity index (χ4v) is 3.41. The Morgan fingerprint density at radius 3 is 2.56 bits per heavy atom. The van der Waals surface area contributed by atoms with Crippen LogP contribution in [0.3, 0.4) is 0 Å². The first kappa shape index (κ1) is 15.1. The van der Waals surface area contributed by atoms with E-state index in [1.165, 1.54) is 0 Å². The predicted octanol–water partition coefficient (Wildman–Crippen LogP) is 4.07. The van der Waals surface area contributed by atoms with E-state index in [0.717, 1.165) is 21.9 Å². The average Bonchev–Trinajstić information content (AvgIpc) is 2.66. The molecule has 0 spiro atoms. The van der Waals surface area contributed by atoms with Crippen molar-refractivity contribution in [2.24, 2.45) is 5.73 Å². The van der Waals surface area contributed by atoms with Crippen molar-refractivity contribution in [1.29, 1.82) is 5.26 Å². The van der Waals surface area contributed by atoms with E-state index < -0.39 is 0 Å². The van der Waals surface area contributed by atoms with Crippen LogP contribution in [0.1, 0.15) is 17.0 Å². The van der Waals surface area contributed by atoms with Crippen molar-refractivity contribution < 1.29 is 9.47 Å². The first-order valence-corrected chi connectivity index (χ1v) is 7.96. The number of benzene rings is 3. The standard InChI is InChI=1S/C21H16N2O2/c1-24-18-9-5-4-8-15(18)19-16-11-10-13-6-2-3-7-14(13)20(16)25-21(23)17(19)12-22/h2-11,19H,23H2,1H3/t19-/m0/s1. The Bertz CT molecular complexity index is 1050. The molecule has 0 aliphatic carbocycles. The number of ether oxygens (including phenoxy) is 2. The van der Waals surface area contributed by atoms with E-state index in [4.69, 9.17) is 15.2 Å². The van der Waals surface area contributed by atoms with Crippen LogP contribution in [-0.4, -0.2) is 7.11 Å². The van der Waals surface area contributed by atoms with Gasteiger partial charge in [0.25, 0.3) is 0 Å². The van der Waals surface area contributed by atoms with E-state index in [9.17, 15) is 5.26 Å². The number of allylic oxidation sites excluding steroid dienone is 1. The van der Waals surface area contributed by atoms with Crippen LogP contribution in [0.4, 0.5) is 0 Å². The fraction of sp³-hybridized carbons (Fsp3) is 0.0952. The lowest BCUT2D eigenvalue weighted by molar-refractivity contribution is 0.390. The van der Waals surface area contributed by atoms with Gasteiger partial charge in [0.2, 0.25) is 5.88 Å². The number of methoxy groups -OCH3 is 1. The van der Waals surface area contributed by atoms with Gasteiger partial charge < -0.3 is 15.2 Å². The van der Waals surface area contributed by atoms with Crippen molar-refractivity contribution >= 4 is 10.8 Å². The molecule has 1 atom stereocenters. The number of nitriles is 1. The summed E-state index contributed by atoms with van der Waals surface area (Å²) in [4.78, 5) is 0. The molecule has 1 aliphatic heterocycles. The Labute approximate surface area is 145 Å². The second kappa shape index (κ2) is 5.88. The highest BCUT2D eigenvalue weighted by Crippen LogP contribution is 2.47. The van der Waals surface area contributed by atoms with E-state index in [2.05, 4.69) is 6.07 Å². The largest absolute Gasteiger partial charge is 0.496 e. The SMILES string of the molecule is COc1ccccc1[C@@H]1C(C#N)=C(N)Oc2c1ccc1ccccc21. The number of fused-ring (bicyclic) bond motifs is 3. The Morgan fingerprint density at radius 2 is 1.76 bits per heavy atom. The van der Waals surface area contributed by atoms with Gasteiger partial charge in [0.1, 0.15) is 23.1 Å². The lowest BCUT2D eigenvalue weighted by Gasteiger charge is -2.28. The van der Waals surface area contributed by atoms with Crippen molar-refractivity contribution in [3.05, 3.63) is 83.2 Å². The fourth-order valence-electron chi connectivity index (χ4n) is 3.41. The van der Waals surface area contributed by atoms with Crippen LogP contribution in [0.5, 0.6) is 11.5 Å². The summed E-state index contributed by atoms with van der Waals surface area (Å²) in [6.45, 7) is 0. The lowest BCUT2D eigenvalue weighted by atomic mass is 9.82. The van der Waals surface area contributed by atoms with Gasteiger partial charge in [0.05, 0.1) is 13.0 Å². The normalized spacial score (nSPS) is 16.1. The number of nitrogens with two attached hydrogens (primary N) is 1. The maximum atomic E-state index is 9.69. The average molecular weight is 328 g/mol. The molecule has 4 heteroatoms. The molecular weight excluding hydrogens is 312 g/mol. The molecular formula is C21H16N2O2. The molecule has 4 rings (SSSR count). The van der Waals surface area contributed by atoms with E-state index in [-0.39, 0.29) is 11.8 Å². The van der Waals surface area contributed by atoms with Crippen LogP contribution >= 0.6 is 0 Å². The van der Waals surface area contributed by atoms with Gasteiger partial charge >= 0.3 is 0 Å². The molecule has 0 unspecified atom stereocenters. The summed E-state index contributed by atoms with van der Waals surface area (Å²) in [7, 11) is 1.62. The molecule has 0 radical (unpaired) electrons. The highest BCUT2D eigenvalue weighted by molar-refractivity contribution is 5.91. The molecule has 25 heavy (non-hydrogen) atoms. The number of rotatable bonds is 2. The molecule has 1 heterocycles. The Kier molecular flexibility index (Phi) is 3.55. The third-order valence-electron chi connectivity index (χ3n) is 4.56. The molecule has 122 valence electrons. The minimum Gasteiger partial charge on any atom is -0.496 e. The van der Waals surface area contributed by atoms with Crippen LogP contribution < -0.4 is 15.2 Å². The topological polar surface area (TPSA) is 68.3 Å². The van der Waals surface area contributed by atoms with Crippen LogP contribution in [0.2, 0.25) is 0 Å². The molecule has 2 N–H and O–H groups in total. The van der Waals surface area contributed by atoms with Gasteiger partial charge in [0, 0.05) is 16.5 Å². The smallest absolute Gasteiger partial charge is 0.205 e. The van der Waals surface area contributed by atoms with Gasteiger partial charge in [-0.3, -0.25) is 0 Å². The third kappa shape index (κ3) is 2.29. The number of hydrogen-bond acceptors (Lipinski definition) is 4. The Hall–Kier alpha value is -3.45. The van der Waals surface area contributed by atoms with Gasteiger partial charge in [-0.1, -0.05) is 54.6 Å². The molecule has 0 amide bonds. The minimum absolute atomic E-state index is 0.141. The molecule has 0 fully saturated rings. The summed E-state index contributed by atoms with van der Waals surface area (Å²) in [5.74, 6) is 1.23. The van der Waals surface area contributed by atoms with Gasteiger partial charge in [-0.25, -0.2) is 0 Å². The van der Waals surface area contributed by atoms with Crippen molar-refractivity contribution in [3.63, 3.8) is 0 Å². The summed E-state index contributed by atoms with van der Waals surface area (Å²) >= 11 is 0. The first-order chi connectivity index (χ1) is 12.2. The van der Waals surface area contributed by atoms with Crippen molar-refractivity contribution in [2.75, 3.05) is 7.11 Å². The van der Waals surface area contributed by atoms with Gasteiger partial charge in [0.15, 0.2) is 0 Å². The van der Waals surface area contributed by atoms with E-state index in [1.807, 2.05) is 60.7 Å². The number of para-hydroxylation sites is 1. The summed E-state index contributed by atoms with van der Waals surface area (Å²) in [5, 5.41) is 11.7. The molecule has 3 aromatic rings. The summed E-state index contributed by atoms with van der Waals surface area (Å²) in [5.41, 5.74) is 8.31. The zero-order valence-corrected chi connectivity index (χ0v) is 13.7. The maximum Gasteiger partial charge on any atom is 0.205 e. The Morgan fingerprint density at radius 1 is 1.00 bits per heavy atom.